The average molecular weight is 277 g/mol. The predicted molar refractivity (Wildman–Crippen MR) is 73.4 cm³/mol. The van der Waals surface area contributed by atoms with Crippen molar-refractivity contribution in [3.63, 3.8) is 0 Å². The maximum Gasteiger partial charge on any atom is 0.310 e. The fourth-order valence-corrected chi connectivity index (χ4v) is 3.90. The largest absolute Gasteiger partial charge is 0.469 e. The number of nitrogens with one attached hydrogen (secondary N) is 1. The molecular weight excluding hydrogens is 257 g/mol. The van der Waals surface area contributed by atoms with Gasteiger partial charge in [-0.3, -0.25) is 4.79 Å². The van der Waals surface area contributed by atoms with Gasteiger partial charge in [0.15, 0.2) is 0 Å². The van der Waals surface area contributed by atoms with Crippen LogP contribution in [0.15, 0.2) is 24.3 Å². The van der Waals surface area contributed by atoms with Gasteiger partial charge in [0, 0.05) is 12.6 Å². The number of benzene rings is 1. The Hall–Kier alpha value is -1.42. The minimum absolute atomic E-state index is 0.0146. The highest BCUT2D eigenvalue weighted by Crippen LogP contribution is 2.48. The number of esters is 1. The quantitative estimate of drug-likeness (QED) is 0.859. The second kappa shape index (κ2) is 5.52. The second-order valence-corrected chi connectivity index (χ2v) is 5.92. The van der Waals surface area contributed by atoms with Crippen LogP contribution in [0.5, 0.6) is 0 Å². The predicted octanol–water partition coefficient (Wildman–Crippen LogP) is 2.50. The second-order valence-electron chi connectivity index (χ2n) is 5.92. The summed E-state index contributed by atoms with van der Waals surface area (Å²) in [6.07, 6.45) is 3.46. The van der Waals surface area contributed by atoms with E-state index in [1.165, 1.54) is 25.7 Å². The van der Waals surface area contributed by atoms with Crippen molar-refractivity contribution in [3.8, 4) is 0 Å². The van der Waals surface area contributed by atoms with E-state index < -0.39 is 0 Å². The van der Waals surface area contributed by atoms with Crippen molar-refractivity contribution < 1.29 is 13.9 Å². The van der Waals surface area contributed by atoms with Crippen molar-refractivity contribution in [2.45, 2.75) is 31.8 Å². The van der Waals surface area contributed by atoms with E-state index in [1.807, 2.05) is 0 Å². The van der Waals surface area contributed by atoms with Gasteiger partial charge in [-0.2, -0.15) is 0 Å². The fraction of sp³-hybridized carbons (Fsp3) is 0.562. The molecule has 2 aliphatic rings. The number of methoxy groups -OCH3 is 1. The molecule has 20 heavy (non-hydrogen) atoms. The van der Waals surface area contributed by atoms with Crippen molar-refractivity contribution >= 4 is 5.97 Å². The highest BCUT2D eigenvalue weighted by Gasteiger charge is 2.51. The Bertz CT molecular complexity index is 488. The van der Waals surface area contributed by atoms with Gasteiger partial charge in [-0.05, 0) is 48.8 Å². The summed E-state index contributed by atoms with van der Waals surface area (Å²) in [5.41, 5.74) is 1.04. The molecule has 2 aliphatic carbocycles. The third-order valence-corrected chi connectivity index (χ3v) is 4.84. The summed E-state index contributed by atoms with van der Waals surface area (Å²) in [4.78, 5) is 12.0. The van der Waals surface area contributed by atoms with Crippen LogP contribution in [0.2, 0.25) is 0 Å². The van der Waals surface area contributed by atoms with Gasteiger partial charge in [-0.15, -0.1) is 0 Å². The van der Waals surface area contributed by atoms with Gasteiger partial charge in [-0.1, -0.05) is 12.1 Å². The Morgan fingerprint density at radius 3 is 2.70 bits per heavy atom. The van der Waals surface area contributed by atoms with E-state index in [9.17, 15) is 9.18 Å². The number of halogens is 1. The van der Waals surface area contributed by atoms with Crippen LogP contribution in [0, 0.1) is 23.6 Å². The van der Waals surface area contributed by atoms with Crippen LogP contribution in [-0.2, 0) is 16.1 Å². The Kier molecular flexibility index (Phi) is 3.74. The summed E-state index contributed by atoms with van der Waals surface area (Å²) in [6.45, 7) is 0.668. The maximum atomic E-state index is 12.9. The Balaban J connectivity index is 1.66. The lowest BCUT2D eigenvalue weighted by molar-refractivity contribution is -0.148. The first-order valence-corrected chi connectivity index (χ1v) is 7.24. The van der Waals surface area contributed by atoms with E-state index in [0.717, 1.165) is 18.4 Å². The number of ether oxygens (including phenoxy) is 1. The third-order valence-electron chi connectivity index (χ3n) is 4.84. The topological polar surface area (TPSA) is 38.3 Å². The summed E-state index contributed by atoms with van der Waals surface area (Å²) >= 11 is 0. The van der Waals surface area contributed by atoms with E-state index in [-0.39, 0.29) is 23.7 Å². The maximum absolute atomic E-state index is 12.9. The normalized spacial score (nSPS) is 31.5. The molecule has 0 radical (unpaired) electrons. The van der Waals surface area contributed by atoms with Crippen molar-refractivity contribution in [2.24, 2.45) is 17.8 Å². The van der Waals surface area contributed by atoms with Crippen molar-refractivity contribution in [3.05, 3.63) is 35.6 Å². The molecule has 0 saturated heterocycles. The lowest BCUT2D eigenvalue weighted by Gasteiger charge is -2.30. The first-order valence-electron chi connectivity index (χ1n) is 7.24. The SMILES string of the molecule is COC(=O)C1C2CCC(C2)C1NCc1ccc(F)cc1. The molecule has 3 nitrogen and oxygen atoms in total. The number of hydrogen-bond donors (Lipinski definition) is 1. The van der Waals surface area contributed by atoms with Crippen molar-refractivity contribution in [2.75, 3.05) is 7.11 Å². The number of carbonyl (C=O) groups is 1. The molecular formula is C16H20FNO2. The zero-order valence-electron chi connectivity index (χ0n) is 11.6. The minimum Gasteiger partial charge on any atom is -0.469 e. The Labute approximate surface area is 118 Å². The van der Waals surface area contributed by atoms with Crippen molar-refractivity contribution in [1.29, 1.82) is 0 Å². The number of fused-ring (bicyclic) bond motifs is 2. The van der Waals surface area contributed by atoms with E-state index in [2.05, 4.69) is 5.32 Å². The molecule has 2 saturated carbocycles. The highest BCUT2D eigenvalue weighted by atomic mass is 19.1. The van der Waals surface area contributed by atoms with E-state index in [0.29, 0.717) is 18.4 Å². The monoisotopic (exact) mass is 277 g/mol. The molecule has 0 spiro atoms. The lowest BCUT2D eigenvalue weighted by atomic mass is 9.84. The highest BCUT2D eigenvalue weighted by molar-refractivity contribution is 5.74. The van der Waals surface area contributed by atoms with E-state index in [1.54, 1.807) is 12.1 Å². The van der Waals surface area contributed by atoms with Gasteiger partial charge < -0.3 is 10.1 Å². The Morgan fingerprint density at radius 1 is 1.30 bits per heavy atom. The fourth-order valence-electron chi connectivity index (χ4n) is 3.90. The van der Waals surface area contributed by atoms with Crippen LogP contribution in [0.4, 0.5) is 4.39 Å². The molecule has 108 valence electrons. The first-order chi connectivity index (χ1) is 9.69. The number of hydrogen-bond acceptors (Lipinski definition) is 3. The molecule has 0 aromatic heterocycles. The molecule has 0 amide bonds. The van der Waals surface area contributed by atoms with Gasteiger partial charge in [0.25, 0.3) is 0 Å². The van der Waals surface area contributed by atoms with Crippen LogP contribution in [0.1, 0.15) is 24.8 Å². The molecule has 4 atom stereocenters. The lowest BCUT2D eigenvalue weighted by Crippen LogP contribution is -2.44. The molecule has 0 heterocycles. The molecule has 2 bridgehead atoms. The minimum atomic E-state index is -0.221. The van der Waals surface area contributed by atoms with Crippen molar-refractivity contribution in [1.82, 2.24) is 5.32 Å². The molecule has 1 aromatic rings. The summed E-state index contributed by atoms with van der Waals surface area (Å²) < 4.78 is 17.8. The van der Waals surface area contributed by atoms with Crippen LogP contribution >= 0.6 is 0 Å². The van der Waals surface area contributed by atoms with Crippen LogP contribution in [-0.4, -0.2) is 19.1 Å². The molecule has 3 rings (SSSR count). The Morgan fingerprint density at radius 2 is 2.00 bits per heavy atom. The first kappa shape index (κ1) is 13.6. The van der Waals surface area contributed by atoms with Gasteiger partial charge >= 0.3 is 5.97 Å². The summed E-state index contributed by atoms with van der Waals surface area (Å²) in [7, 11) is 1.46. The van der Waals surface area contributed by atoms with Gasteiger partial charge in [-0.25, -0.2) is 4.39 Å². The smallest absolute Gasteiger partial charge is 0.310 e. The van der Waals surface area contributed by atoms with E-state index in [4.69, 9.17) is 4.74 Å². The number of carbonyl (C=O) groups excluding carboxylic acids is 1. The average Bonchev–Trinajstić information content (AvgIpc) is 3.06. The third kappa shape index (κ3) is 2.44. The van der Waals surface area contributed by atoms with Crippen LogP contribution < -0.4 is 5.32 Å². The molecule has 0 aliphatic heterocycles. The standard InChI is InChI=1S/C16H20FNO2/c1-20-16(19)14-11-4-5-12(8-11)15(14)18-9-10-2-6-13(17)7-3-10/h2-3,6-7,11-12,14-15,18H,4-5,8-9H2,1H3. The molecule has 1 aromatic carbocycles. The summed E-state index contributed by atoms with van der Waals surface area (Å²) in [6, 6.07) is 6.70. The van der Waals surface area contributed by atoms with Gasteiger partial charge in [0.1, 0.15) is 5.82 Å². The number of rotatable bonds is 4. The zero-order chi connectivity index (χ0) is 14.1. The molecule has 1 N–H and O–H groups in total. The van der Waals surface area contributed by atoms with Crippen LogP contribution in [0.25, 0.3) is 0 Å². The zero-order valence-corrected chi connectivity index (χ0v) is 11.6. The summed E-state index contributed by atoms with van der Waals surface area (Å²) in [5, 5.41) is 3.49. The summed E-state index contributed by atoms with van der Waals surface area (Å²) in [5.74, 6) is 0.719. The van der Waals surface area contributed by atoms with Gasteiger partial charge in [0.05, 0.1) is 13.0 Å². The molecule has 2 fully saturated rings. The molecule has 4 heteroatoms. The van der Waals surface area contributed by atoms with Gasteiger partial charge in [0.2, 0.25) is 0 Å². The van der Waals surface area contributed by atoms with Crippen LogP contribution in [0.3, 0.4) is 0 Å². The molecule has 4 unspecified atom stereocenters. The van der Waals surface area contributed by atoms with E-state index >= 15 is 0 Å².